The molecule has 0 aliphatic carbocycles. The fourth-order valence-electron chi connectivity index (χ4n) is 1.49. The zero-order chi connectivity index (χ0) is 18.0. The molecule has 25 heavy (non-hydrogen) atoms. The average molecular weight is 392 g/mol. The Balaban J connectivity index is 0.00000312. The molecule has 11 heteroatoms. The predicted octanol–water partition coefficient (Wildman–Crippen LogP) is 0.447. The second-order valence-electron chi connectivity index (χ2n) is 4.28. The van der Waals surface area contributed by atoms with Crippen LogP contribution in [-0.4, -0.2) is 42.6 Å². The van der Waals surface area contributed by atoms with E-state index in [0.717, 1.165) is 12.1 Å². The van der Waals surface area contributed by atoms with Crippen molar-refractivity contribution in [1.29, 1.82) is 0 Å². The van der Waals surface area contributed by atoms with Gasteiger partial charge >= 0.3 is 23.0 Å². The van der Waals surface area contributed by atoms with Crippen LogP contribution in [0.1, 0.15) is 20.7 Å². The molecule has 132 valence electrons. The Morgan fingerprint density at radius 1 is 0.760 bits per heavy atom. The van der Waals surface area contributed by atoms with E-state index in [4.69, 9.17) is 10.2 Å². The summed E-state index contributed by atoms with van der Waals surface area (Å²) in [5, 5.41) is 55.1. The maximum atomic E-state index is 11.6. The second kappa shape index (κ2) is 7.51. The van der Waals surface area contributed by atoms with Gasteiger partial charge in [-0.1, -0.05) is 0 Å². The number of hydrogen-bond acceptors (Lipinski definition) is 10. The third kappa shape index (κ3) is 4.16. The topological polar surface area (TPSA) is 174 Å². The molecule has 0 spiro atoms. The monoisotopic (exact) mass is 392 g/mol. The van der Waals surface area contributed by atoms with Crippen LogP contribution in [-0.2, 0) is 26.8 Å². The van der Waals surface area contributed by atoms with Crippen molar-refractivity contribution >= 4 is 11.9 Å². The molecule has 0 saturated heterocycles. The number of benzene rings is 2. The number of phenols is 6. The summed E-state index contributed by atoms with van der Waals surface area (Å²) in [7, 11) is 0. The Morgan fingerprint density at radius 2 is 1.20 bits per heavy atom. The SMILES string of the molecule is O=C(OOC(=O)c1cc(O)c(O)c(O)c1)c1[c-]c(O)c(O)c(O)[c-]1.[Fe+2]. The van der Waals surface area contributed by atoms with Gasteiger partial charge in [0.25, 0.3) is 0 Å². The van der Waals surface area contributed by atoms with Gasteiger partial charge in [0.2, 0.25) is 5.97 Å². The van der Waals surface area contributed by atoms with Gasteiger partial charge in [-0.3, -0.25) is 4.89 Å². The summed E-state index contributed by atoms with van der Waals surface area (Å²) < 4.78 is 0. The first kappa shape index (κ1) is 19.7. The minimum atomic E-state index is -1.40. The Morgan fingerprint density at radius 3 is 1.68 bits per heavy atom. The molecule has 0 bridgehead atoms. The van der Waals surface area contributed by atoms with E-state index in [0.29, 0.717) is 0 Å². The summed E-state index contributed by atoms with van der Waals surface area (Å²) in [4.78, 5) is 31.5. The van der Waals surface area contributed by atoms with Gasteiger partial charge in [0.1, 0.15) is 0 Å². The molecule has 0 radical (unpaired) electrons. The summed E-state index contributed by atoms with van der Waals surface area (Å²) in [6.07, 6.45) is 0. The van der Waals surface area contributed by atoms with Gasteiger partial charge in [-0.2, -0.15) is 5.56 Å². The minimum absolute atomic E-state index is 0. The zero-order valence-electron chi connectivity index (χ0n) is 11.8. The summed E-state index contributed by atoms with van der Waals surface area (Å²) in [6, 6.07) is 5.31. The normalized spacial score (nSPS) is 9.76. The fraction of sp³-hybridized carbons (Fsp3) is 0. The molecule has 0 aromatic heterocycles. The van der Waals surface area contributed by atoms with Crippen LogP contribution in [0.2, 0.25) is 0 Å². The van der Waals surface area contributed by atoms with Crippen LogP contribution >= 0.6 is 0 Å². The van der Waals surface area contributed by atoms with Gasteiger partial charge < -0.3 is 40.3 Å². The third-order valence-corrected chi connectivity index (χ3v) is 2.64. The van der Waals surface area contributed by atoms with Crippen LogP contribution in [0.4, 0.5) is 0 Å². The summed E-state index contributed by atoms with van der Waals surface area (Å²) in [5.41, 5.74) is -1.15. The first-order valence-corrected chi connectivity index (χ1v) is 5.98. The van der Waals surface area contributed by atoms with Crippen molar-refractivity contribution in [2.24, 2.45) is 0 Å². The number of phenolic OH excluding ortho intramolecular Hbond substituents is 6. The Hall–Kier alpha value is -3.30. The number of aromatic hydroxyl groups is 6. The molecule has 0 amide bonds. The van der Waals surface area contributed by atoms with Crippen LogP contribution in [0.25, 0.3) is 0 Å². The molecule has 2 aromatic rings. The van der Waals surface area contributed by atoms with E-state index in [2.05, 4.69) is 9.78 Å². The molecule has 0 fully saturated rings. The van der Waals surface area contributed by atoms with E-state index >= 15 is 0 Å². The van der Waals surface area contributed by atoms with Gasteiger partial charge in [0.05, 0.1) is 5.56 Å². The summed E-state index contributed by atoms with van der Waals surface area (Å²) in [6.45, 7) is 0. The average Bonchev–Trinajstić information content (AvgIpc) is 2.53. The van der Waals surface area contributed by atoms with Gasteiger partial charge in [-0.25, -0.2) is 16.9 Å². The number of carbonyl (C=O) groups excluding carboxylic acids is 2. The zero-order valence-corrected chi connectivity index (χ0v) is 12.9. The van der Waals surface area contributed by atoms with E-state index in [9.17, 15) is 30.0 Å². The van der Waals surface area contributed by atoms with Gasteiger partial charge in [0, 0.05) is 5.75 Å². The smallest absolute Gasteiger partial charge is 0.587 e. The van der Waals surface area contributed by atoms with Crippen LogP contribution in [0.3, 0.4) is 0 Å². The first-order chi connectivity index (χ1) is 11.2. The molecule has 0 heterocycles. The van der Waals surface area contributed by atoms with Crippen molar-refractivity contribution in [2.45, 2.75) is 0 Å². The largest absolute Gasteiger partial charge is 2.00 e. The van der Waals surface area contributed by atoms with Crippen LogP contribution < -0.4 is 0 Å². The third-order valence-electron chi connectivity index (χ3n) is 2.64. The molecule has 2 rings (SSSR count). The van der Waals surface area contributed by atoms with Crippen molar-refractivity contribution in [3.63, 3.8) is 0 Å². The molecule has 0 unspecified atom stereocenters. The van der Waals surface area contributed by atoms with Crippen molar-refractivity contribution in [3.05, 3.63) is 35.4 Å². The van der Waals surface area contributed by atoms with Gasteiger partial charge in [-0.15, -0.1) is 0 Å². The Kier molecular flexibility index (Phi) is 5.93. The van der Waals surface area contributed by atoms with E-state index in [-0.39, 0.29) is 17.1 Å². The second-order valence-corrected chi connectivity index (χ2v) is 4.28. The summed E-state index contributed by atoms with van der Waals surface area (Å²) >= 11 is 0. The molecule has 6 N–H and O–H groups in total. The number of hydrogen-bond donors (Lipinski definition) is 6. The van der Waals surface area contributed by atoms with Crippen LogP contribution in [0.15, 0.2) is 12.1 Å². The Labute approximate surface area is 149 Å². The standard InChI is InChI=1S/C14H8O10.Fe/c15-7-1-5(2-8(16)11(7)19)13(21)23-24-14(22)6-3-9(17)12(20)10(18)4-6;/h1-2,15-20H;/q-2;+2. The molecule has 0 atom stereocenters. The molecule has 2 aromatic carbocycles. The van der Waals surface area contributed by atoms with Crippen molar-refractivity contribution in [3.8, 4) is 34.5 Å². The number of carbonyl (C=O) groups is 2. The maximum absolute atomic E-state index is 11.6. The molecule has 0 saturated carbocycles. The van der Waals surface area contributed by atoms with Crippen molar-refractivity contribution in [2.75, 3.05) is 0 Å². The summed E-state index contributed by atoms with van der Waals surface area (Å²) in [5.74, 6) is -8.09. The Bertz CT molecular complexity index is 717. The minimum Gasteiger partial charge on any atom is -0.587 e. The van der Waals surface area contributed by atoms with E-state index in [1.165, 1.54) is 0 Å². The first-order valence-electron chi connectivity index (χ1n) is 5.98. The molecular formula is C14H8FeO10. The van der Waals surface area contributed by atoms with Crippen LogP contribution in [0, 0.1) is 12.1 Å². The predicted molar refractivity (Wildman–Crippen MR) is 71.4 cm³/mol. The molecule has 0 aliphatic heterocycles. The fourth-order valence-corrected chi connectivity index (χ4v) is 1.49. The van der Waals surface area contributed by atoms with E-state index in [1.807, 2.05) is 12.1 Å². The van der Waals surface area contributed by atoms with Gasteiger partial charge in [0.15, 0.2) is 17.2 Å². The number of rotatable bonds is 2. The van der Waals surface area contributed by atoms with Crippen molar-refractivity contribution in [1.82, 2.24) is 0 Å². The molecular weight excluding hydrogens is 384 g/mol. The molecule has 10 nitrogen and oxygen atoms in total. The van der Waals surface area contributed by atoms with Crippen LogP contribution in [0.5, 0.6) is 34.5 Å². The van der Waals surface area contributed by atoms with E-state index in [1.54, 1.807) is 0 Å². The van der Waals surface area contributed by atoms with E-state index < -0.39 is 57.6 Å². The van der Waals surface area contributed by atoms with Crippen molar-refractivity contribution < 1.29 is 67.1 Å². The quantitative estimate of drug-likeness (QED) is 0.138. The molecule has 0 aliphatic rings. The van der Waals surface area contributed by atoms with Gasteiger partial charge in [-0.05, 0) is 23.6 Å². The maximum Gasteiger partial charge on any atom is 2.00 e.